The molecule has 0 unspecified atom stereocenters. The zero-order valence-electron chi connectivity index (χ0n) is 9.22. The lowest BCUT2D eigenvalue weighted by atomic mass is 10.2. The van der Waals surface area contributed by atoms with Crippen LogP contribution >= 0.6 is 15.9 Å². The van der Waals surface area contributed by atoms with Crippen molar-refractivity contribution in [2.45, 2.75) is 0 Å². The van der Waals surface area contributed by atoms with Crippen molar-refractivity contribution in [1.82, 2.24) is 14.8 Å². The molecule has 6 nitrogen and oxygen atoms in total. The molecule has 2 N–H and O–H groups in total. The van der Waals surface area contributed by atoms with Gasteiger partial charge in [-0.1, -0.05) is 0 Å². The normalized spacial score (nSPS) is 10.4. The van der Waals surface area contributed by atoms with E-state index in [4.69, 9.17) is 5.73 Å². The highest BCUT2D eigenvalue weighted by Crippen LogP contribution is 2.24. The number of hydrogen-bond acceptors (Lipinski definition) is 5. The quantitative estimate of drug-likeness (QED) is 0.671. The maximum Gasteiger partial charge on any atom is 0.377 e. The van der Waals surface area contributed by atoms with E-state index in [2.05, 4.69) is 30.7 Å². The first kappa shape index (κ1) is 12.5. The van der Waals surface area contributed by atoms with Crippen LogP contribution in [0.5, 0.6) is 0 Å². The molecule has 0 saturated carbocycles. The molecule has 2 aromatic rings. The highest BCUT2D eigenvalue weighted by atomic mass is 79.9. The summed E-state index contributed by atoms with van der Waals surface area (Å²) in [5.41, 5.74) is 6.26. The standard InChI is InChI=1S/C10H8BrFN4O2/c1-18-10(17)9-14-4-16(15-9)8-2-5(11)6(12)3-7(8)13/h2-4H,13H2,1H3. The van der Waals surface area contributed by atoms with Crippen LogP contribution in [0.25, 0.3) is 5.69 Å². The number of hydrogen-bond donors (Lipinski definition) is 1. The summed E-state index contributed by atoms with van der Waals surface area (Å²) < 4.78 is 19.2. The fourth-order valence-corrected chi connectivity index (χ4v) is 1.65. The van der Waals surface area contributed by atoms with Crippen LogP contribution in [0.15, 0.2) is 22.9 Å². The van der Waals surface area contributed by atoms with Crippen LogP contribution in [0.1, 0.15) is 10.6 Å². The van der Waals surface area contributed by atoms with Crippen LogP contribution in [-0.4, -0.2) is 27.8 Å². The molecule has 0 atom stereocenters. The van der Waals surface area contributed by atoms with Crippen molar-refractivity contribution in [3.63, 3.8) is 0 Å². The number of rotatable bonds is 2. The summed E-state index contributed by atoms with van der Waals surface area (Å²) >= 11 is 3.04. The fourth-order valence-electron chi connectivity index (χ4n) is 1.31. The van der Waals surface area contributed by atoms with E-state index in [1.807, 2.05) is 0 Å². The van der Waals surface area contributed by atoms with Gasteiger partial charge in [0, 0.05) is 6.07 Å². The second kappa shape index (κ2) is 4.73. The molecule has 2 rings (SSSR count). The summed E-state index contributed by atoms with van der Waals surface area (Å²) in [6.07, 6.45) is 1.29. The SMILES string of the molecule is COC(=O)c1ncn(-c2cc(Br)c(F)cc2N)n1. The molecule has 0 bridgehead atoms. The second-order valence-corrected chi connectivity index (χ2v) is 4.18. The first-order chi connectivity index (χ1) is 8.52. The van der Waals surface area contributed by atoms with Gasteiger partial charge in [-0.2, -0.15) is 0 Å². The third kappa shape index (κ3) is 2.19. The van der Waals surface area contributed by atoms with E-state index in [1.54, 1.807) is 0 Å². The number of halogens is 2. The van der Waals surface area contributed by atoms with E-state index in [0.717, 1.165) is 6.07 Å². The smallest absolute Gasteiger partial charge is 0.377 e. The zero-order valence-corrected chi connectivity index (χ0v) is 10.8. The topological polar surface area (TPSA) is 83.0 Å². The van der Waals surface area contributed by atoms with Gasteiger partial charge in [0.05, 0.1) is 23.0 Å². The molecular weight excluding hydrogens is 307 g/mol. The Balaban J connectivity index is 2.46. The Morgan fingerprint density at radius 1 is 1.56 bits per heavy atom. The van der Waals surface area contributed by atoms with Crippen molar-refractivity contribution in [3.8, 4) is 5.69 Å². The van der Waals surface area contributed by atoms with Crippen LogP contribution in [0, 0.1) is 5.82 Å². The molecule has 94 valence electrons. The number of methoxy groups -OCH3 is 1. The van der Waals surface area contributed by atoms with Gasteiger partial charge < -0.3 is 10.5 Å². The van der Waals surface area contributed by atoms with Crippen LogP contribution in [0.3, 0.4) is 0 Å². The Morgan fingerprint density at radius 2 is 2.28 bits per heavy atom. The van der Waals surface area contributed by atoms with Crippen LogP contribution < -0.4 is 5.73 Å². The molecule has 0 aliphatic rings. The maximum absolute atomic E-state index is 13.2. The summed E-state index contributed by atoms with van der Waals surface area (Å²) in [4.78, 5) is 15.0. The number of aromatic nitrogens is 3. The molecule has 0 amide bonds. The van der Waals surface area contributed by atoms with Crippen LogP contribution in [-0.2, 0) is 4.74 Å². The van der Waals surface area contributed by atoms with E-state index in [9.17, 15) is 9.18 Å². The number of nitrogens with zero attached hydrogens (tertiary/aromatic N) is 3. The van der Waals surface area contributed by atoms with E-state index >= 15 is 0 Å². The fraction of sp³-hybridized carbons (Fsp3) is 0.100. The highest BCUT2D eigenvalue weighted by molar-refractivity contribution is 9.10. The lowest BCUT2D eigenvalue weighted by Crippen LogP contribution is -2.06. The lowest BCUT2D eigenvalue weighted by Gasteiger charge is -2.06. The molecule has 1 heterocycles. The summed E-state index contributed by atoms with van der Waals surface area (Å²) in [5.74, 6) is -1.24. The number of anilines is 1. The van der Waals surface area contributed by atoms with Gasteiger partial charge in [0.1, 0.15) is 12.1 Å². The second-order valence-electron chi connectivity index (χ2n) is 3.33. The van der Waals surface area contributed by atoms with E-state index in [-0.39, 0.29) is 16.0 Å². The van der Waals surface area contributed by atoms with Crippen LogP contribution in [0.4, 0.5) is 10.1 Å². The van der Waals surface area contributed by atoms with Crippen molar-refractivity contribution in [2.24, 2.45) is 0 Å². The lowest BCUT2D eigenvalue weighted by molar-refractivity contribution is 0.0587. The number of carbonyl (C=O) groups is 1. The molecule has 1 aromatic carbocycles. The maximum atomic E-state index is 13.2. The summed E-state index contributed by atoms with van der Waals surface area (Å²) in [7, 11) is 1.23. The predicted molar refractivity (Wildman–Crippen MR) is 64.8 cm³/mol. The number of benzene rings is 1. The van der Waals surface area contributed by atoms with E-state index in [1.165, 1.54) is 24.2 Å². The molecule has 18 heavy (non-hydrogen) atoms. The van der Waals surface area contributed by atoms with E-state index < -0.39 is 11.8 Å². The van der Waals surface area contributed by atoms with Gasteiger partial charge in [-0.25, -0.2) is 18.9 Å². The monoisotopic (exact) mass is 314 g/mol. The molecule has 0 aliphatic carbocycles. The average Bonchev–Trinajstić information content (AvgIpc) is 2.82. The van der Waals surface area contributed by atoms with Gasteiger partial charge in [-0.3, -0.25) is 0 Å². The Bertz CT molecular complexity index is 614. The van der Waals surface area contributed by atoms with Gasteiger partial charge in [0.15, 0.2) is 0 Å². The Hall–Kier alpha value is -1.96. The van der Waals surface area contributed by atoms with Gasteiger partial charge in [0.25, 0.3) is 5.82 Å². The average molecular weight is 315 g/mol. The predicted octanol–water partition coefficient (Wildman–Crippen LogP) is 1.54. The molecule has 1 aromatic heterocycles. The largest absolute Gasteiger partial charge is 0.463 e. The number of nitrogen functional groups attached to an aromatic ring is 1. The molecule has 0 aliphatic heterocycles. The summed E-state index contributed by atoms with van der Waals surface area (Å²) in [6, 6.07) is 2.60. The Kier molecular flexibility index (Phi) is 3.28. The van der Waals surface area contributed by atoms with Crippen molar-refractivity contribution < 1.29 is 13.9 Å². The molecular formula is C10H8BrFN4O2. The van der Waals surface area contributed by atoms with Crippen molar-refractivity contribution in [3.05, 3.63) is 34.6 Å². The Morgan fingerprint density at radius 3 is 2.94 bits per heavy atom. The summed E-state index contributed by atoms with van der Waals surface area (Å²) in [6.45, 7) is 0. The van der Waals surface area contributed by atoms with Crippen molar-refractivity contribution >= 4 is 27.6 Å². The molecule has 0 radical (unpaired) electrons. The third-order valence-corrected chi connectivity index (χ3v) is 2.78. The molecule has 0 saturated heterocycles. The van der Waals surface area contributed by atoms with Gasteiger partial charge in [-0.05, 0) is 22.0 Å². The van der Waals surface area contributed by atoms with Gasteiger partial charge in [-0.15, -0.1) is 5.10 Å². The molecule has 8 heteroatoms. The van der Waals surface area contributed by atoms with Gasteiger partial charge >= 0.3 is 5.97 Å². The number of nitrogens with two attached hydrogens (primary N) is 1. The minimum Gasteiger partial charge on any atom is -0.463 e. The molecule has 0 fully saturated rings. The Labute approximate surface area is 110 Å². The zero-order chi connectivity index (χ0) is 13.3. The third-order valence-electron chi connectivity index (χ3n) is 2.18. The highest BCUT2D eigenvalue weighted by Gasteiger charge is 2.14. The van der Waals surface area contributed by atoms with Crippen molar-refractivity contribution in [1.29, 1.82) is 0 Å². The molecule has 0 spiro atoms. The first-order valence-corrected chi connectivity index (χ1v) is 5.57. The first-order valence-electron chi connectivity index (χ1n) is 4.78. The van der Waals surface area contributed by atoms with Crippen LogP contribution in [0.2, 0.25) is 0 Å². The number of ether oxygens (including phenoxy) is 1. The number of carbonyl (C=O) groups excluding carboxylic acids is 1. The van der Waals surface area contributed by atoms with Gasteiger partial charge in [0.2, 0.25) is 0 Å². The summed E-state index contributed by atoms with van der Waals surface area (Å²) in [5, 5.41) is 3.89. The van der Waals surface area contributed by atoms with Crippen molar-refractivity contribution in [2.75, 3.05) is 12.8 Å². The minimum atomic E-state index is -0.659. The van der Waals surface area contributed by atoms with E-state index in [0.29, 0.717) is 5.69 Å². The minimum absolute atomic E-state index is 0.0997. The number of esters is 1.